The van der Waals surface area contributed by atoms with E-state index in [0.717, 1.165) is 43.0 Å². The third kappa shape index (κ3) is 4.49. The largest absolute Gasteiger partial charge is 0.354 e. The van der Waals surface area contributed by atoms with Gasteiger partial charge in [0.15, 0.2) is 5.16 Å². The quantitative estimate of drug-likeness (QED) is 0.766. The van der Waals surface area contributed by atoms with E-state index >= 15 is 0 Å². The van der Waals surface area contributed by atoms with Crippen molar-refractivity contribution in [2.45, 2.75) is 24.9 Å². The van der Waals surface area contributed by atoms with E-state index in [1.54, 1.807) is 11.8 Å². The zero-order valence-electron chi connectivity index (χ0n) is 12.6. The van der Waals surface area contributed by atoms with Gasteiger partial charge in [-0.3, -0.25) is 0 Å². The molecule has 1 aliphatic rings. The predicted octanol–water partition coefficient (Wildman–Crippen LogP) is 1.56. The minimum absolute atomic E-state index is 0.691. The molecule has 1 saturated heterocycles. The van der Waals surface area contributed by atoms with E-state index in [4.69, 9.17) is 0 Å². The Morgan fingerprint density at radius 2 is 1.95 bits per heavy atom. The lowest BCUT2D eigenvalue weighted by Gasteiger charge is -2.16. The topological polar surface area (TPSA) is 57.2 Å². The lowest BCUT2D eigenvalue weighted by atomic mass is 10.4. The molecule has 1 aromatic rings. The van der Waals surface area contributed by atoms with Crippen molar-refractivity contribution in [1.82, 2.24) is 19.9 Å². The molecule has 0 unspecified atom stereocenters. The van der Waals surface area contributed by atoms with Gasteiger partial charge in [-0.2, -0.15) is 15.0 Å². The minimum Gasteiger partial charge on any atom is -0.354 e. The molecule has 2 heterocycles. The van der Waals surface area contributed by atoms with Gasteiger partial charge in [-0.1, -0.05) is 11.8 Å². The first-order valence-electron chi connectivity index (χ1n) is 7.21. The standard InChI is InChI=1S/C13H24N6S/c1-4-14-11-15-12(19-7-5-6-8-19)17-13(16-11)20-10-9-18(2)3/h4-10H2,1-3H3,(H,14,15,16,17). The third-order valence-corrected chi connectivity index (χ3v) is 3.92. The van der Waals surface area contributed by atoms with Gasteiger partial charge in [-0.25, -0.2) is 0 Å². The molecule has 2 rings (SSSR count). The number of hydrogen-bond donors (Lipinski definition) is 1. The van der Waals surface area contributed by atoms with E-state index in [0.29, 0.717) is 5.95 Å². The van der Waals surface area contributed by atoms with Crippen molar-refractivity contribution >= 4 is 23.7 Å². The average Bonchev–Trinajstić information content (AvgIpc) is 2.92. The van der Waals surface area contributed by atoms with Crippen molar-refractivity contribution in [3.8, 4) is 0 Å². The van der Waals surface area contributed by atoms with Gasteiger partial charge in [0.1, 0.15) is 0 Å². The van der Waals surface area contributed by atoms with Gasteiger partial charge in [0.2, 0.25) is 11.9 Å². The Hall–Kier alpha value is -1.08. The first-order chi connectivity index (χ1) is 9.69. The van der Waals surface area contributed by atoms with E-state index in [9.17, 15) is 0 Å². The van der Waals surface area contributed by atoms with Gasteiger partial charge in [0.25, 0.3) is 0 Å². The van der Waals surface area contributed by atoms with Crippen molar-refractivity contribution < 1.29 is 0 Å². The molecule has 112 valence electrons. The summed E-state index contributed by atoms with van der Waals surface area (Å²) in [7, 11) is 4.15. The summed E-state index contributed by atoms with van der Waals surface area (Å²) in [5.41, 5.74) is 0. The predicted molar refractivity (Wildman–Crippen MR) is 84.7 cm³/mol. The fourth-order valence-corrected chi connectivity index (χ4v) is 2.96. The Morgan fingerprint density at radius 3 is 2.60 bits per heavy atom. The Morgan fingerprint density at radius 1 is 1.20 bits per heavy atom. The van der Waals surface area contributed by atoms with Crippen LogP contribution in [0.1, 0.15) is 19.8 Å². The second-order valence-corrected chi connectivity index (χ2v) is 6.18. The number of rotatable bonds is 7. The van der Waals surface area contributed by atoms with E-state index in [1.165, 1.54) is 12.8 Å². The number of aromatic nitrogens is 3. The van der Waals surface area contributed by atoms with Gasteiger partial charge >= 0.3 is 0 Å². The van der Waals surface area contributed by atoms with Gasteiger partial charge in [-0.05, 0) is 33.9 Å². The van der Waals surface area contributed by atoms with E-state index in [1.807, 2.05) is 0 Å². The SMILES string of the molecule is CCNc1nc(SCCN(C)C)nc(N2CCCC2)n1. The monoisotopic (exact) mass is 296 g/mol. The van der Waals surface area contributed by atoms with Crippen molar-refractivity contribution in [3.63, 3.8) is 0 Å². The maximum atomic E-state index is 4.60. The molecular formula is C13H24N6S. The Balaban J connectivity index is 2.08. The molecule has 0 aromatic carbocycles. The van der Waals surface area contributed by atoms with Crippen LogP contribution in [0.3, 0.4) is 0 Å². The fourth-order valence-electron chi connectivity index (χ4n) is 2.03. The van der Waals surface area contributed by atoms with E-state index < -0.39 is 0 Å². The molecule has 0 spiro atoms. The summed E-state index contributed by atoms with van der Waals surface area (Å²) in [6.07, 6.45) is 2.46. The van der Waals surface area contributed by atoms with Crippen LogP contribution >= 0.6 is 11.8 Å². The molecule has 1 fully saturated rings. The molecule has 0 bridgehead atoms. The average molecular weight is 296 g/mol. The smallest absolute Gasteiger partial charge is 0.231 e. The van der Waals surface area contributed by atoms with Crippen LogP contribution in [0.15, 0.2) is 5.16 Å². The van der Waals surface area contributed by atoms with Crippen LogP contribution in [-0.2, 0) is 0 Å². The minimum atomic E-state index is 0.691. The van der Waals surface area contributed by atoms with Crippen LogP contribution < -0.4 is 10.2 Å². The maximum Gasteiger partial charge on any atom is 0.231 e. The molecular weight excluding hydrogens is 272 g/mol. The van der Waals surface area contributed by atoms with Crippen molar-refractivity contribution in [2.24, 2.45) is 0 Å². The first-order valence-corrected chi connectivity index (χ1v) is 8.20. The summed E-state index contributed by atoms with van der Waals surface area (Å²) < 4.78 is 0. The number of hydrogen-bond acceptors (Lipinski definition) is 7. The molecule has 0 saturated carbocycles. The second kappa shape index (κ2) is 7.64. The van der Waals surface area contributed by atoms with Crippen LogP contribution in [0.2, 0.25) is 0 Å². The third-order valence-electron chi connectivity index (χ3n) is 3.10. The van der Waals surface area contributed by atoms with Gasteiger partial charge in [0, 0.05) is 31.9 Å². The molecule has 6 nitrogen and oxygen atoms in total. The van der Waals surface area contributed by atoms with Gasteiger partial charge < -0.3 is 15.1 Å². The molecule has 1 aliphatic heterocycles. The highest BCUT2D eigenvalue weighted by molar-refractivity contribution is 7.99. The molecule has 0 aliphatic carbocycles. The molecule has 7 heteroatoms. The molecule has 20 heavy (non-hydrogen) atoms. The molecule has 1 N–H and O–H groups in total. The van der Waals surface area contributed by atoms with Crippen LogP contribution in [0, 0.1) is 0 Å². The number of nitrogens with one attached hydrogen (secondary N) is 1. The molecule has 1 aromatic heterocycles. The van der Waals surface area contributed by atoms with Crippen LogP contribution in [0.5, 0.6) is 0 Å². The van der Waals surface area contributed by atoms with E-state index in [-0.39, 0.29) is 0 Å². The van der Waals surface area contributed by atoms with Crippen LogP contribution in [-0.4, -0.2) is 65.9 Å². The fraction of sp³-hybridized carbons (Fsp3) is 0.769. The molecule has 0 atom stereocenters. The van der Waals surface area contributed by atoms with Crippen LogP contribution in [0.4, 0.5) is 11.9 Å². The highest BCUT2D eigenvalue weighted by atomic mass is 32.2. The summed E-state index contributed by atoms with van der Waals surface area (Å²) in [5, 5.41) is 4.02. The van der Waals surface area contributed by atoms with Crippen molar-refractivity contribution in [2.75, 3.05) is 56.2 Å². The highest BCUT2D eigenvalue weighted by Gasteiger charge is 2.17. The number of thioether (sulfide) groups is 1. The molecule has 0 radical (unpaired) electrons. The summed E-state index contributed by atoms with van der Waals surface area (Å²) in [5.74, 6) is 2.50. The summed E-state index contributed by atoms with van der Waals surface area (Å²) in [4.78, 5) is 18.0. The summed E-state index contributed by atoms with van der Waals surface area (Å²) in [6, 6.07) is 0. The lowest BCUT2D eigenvalue weighted by molar-refractivity contribution is 0.437. The van der Waals surface area contributed by atoms with Crippen molar-refractivity contribution in [3.05, 3.63) is 0 Å². The number of anilines is 2. The molecule has 0 amide bonds. The van der Waals surface area contributed by atoms with Crippen LogP contribution in [0.25, 0.3) is 0 Å². The lowest BCUT2D eigenvalue weighted by Crippen LogP contribution is -2.22. The van der Waals surface area contributed by atoms with Gasteiger partial charge in [-0.15, -0.1) is 0 Å². The Labute approximate surface area is 125 Å². The normalized spacial score (nSPS) is 15.1. The highest BCUT2D eigenvalue weighted by Crippen LogP contribution is 2.21. The Kier molecular flexibility index (Phi) is 5.85. The van der Waals surface area contributed by atoms with Gasteiger partial charge in [0.05, 0.1) is 0 Å². The second-order valence-electron chi connectivity index (χ2n) is 5.12. The number of nitrogens with zero attached hydrogens (tertiary/aromatic N) is 5. The maximum absolute atomic E-state index is 4.60. The summed E-state index contributed by atoms with van der Waals surface area (Å²) >= 11 is 1.69. The Bertz CT molecular complexity index is 419. The van der Waals surface area contributed by atoms with Crippen molar-refractivity contribution in [1.29, 1.82) is 0 Å². The van der Waals surface area contributed by atoms with E-state index in [2.05, 4.69) is 51.1 Å². The first kappa shape index (κ1) is 15.3. The zero-order chi connectivity index (χ0) is 14.4. The summed E-state index contributed by atoms with van der Waals surface area (Å²) in [6.45, 7) is 6.00. The zero-order valence-corrected chi connectivity index (χ0v) is 13.4.